The SMILES string of the molecule is CC(C)(C)OC(=O)C(COCCCCCO)OCCCCCO. The molecule has 0 saturated carbocycles. The first-order valence-corrected chi connectivity index (χ1v) is 8.54. The molecule has 0 saturated heterocycles. The summed E-state index contributed by atoms with van der Waals surface area (Å²) in [7, 11) is 0. The molecule has 0 aliphatic carbocycles. The Morgan fingerprint density at radius 2 is 1.48 bits per heavy atom. The van der Waals surface area contributed by atoms with Crippen molar-refractivity contribution in [2.75, 3.05) is 33.0 Å². The molecule has 1 unspecified atom stereocenters. The predicted molar refractivity (Wildman–Crippen MR) is 88.3 cm³/mol. The van der Waals surface area contributed by atoms with Crippen LogP contribution < -0.4 is 0 Å². The highest BCUT2D eigenvalue weighted by molar-refractivity contribution is 5.75. The Hall–Kier alpha value is -0.690. The molecular weight excluding hydrogens is 300 g/mol. The van der Waals surface area contributed by atoms with Crippen LogP contribution in [0.5, 0.6) is 0 Å². The minimum absolute atomic E-state index is 0.173. The fraction of sp³-hybridized carbons (Fsp3) is 0.941. The number of hydrogen-bond acceptors (Lipinski definition) is 6. The standard InChI is InChI=1S/C17H34O6/c1-17(2,3)23-16(20)15(22-13-9-5-7-11-19)14-21-12-8-4-6-10-18/h15,18-19H,4-14H2,1-3H3. The van der Waals surface area contributed by atoms with Gasteiger partial charge in [0.15, 0.2) is 6.10 Å². The second-order valence-corrected chi connectivity index (χ2v) is 6.54. The van der Waals surface area contributed by atoms with Gasteiger partial charge in [-0.05, 0) is 59.3 Å². The molecule has 0 radical (unpaired) electrons. The first kappa shape index (κ1) is 22.3. The fourth-order valence-electron chi connectivity index (χ4n) is 1.85. The molecule has 0 aliphatic heterocycles. The number of aliphatic hydroxyl groups excluding tert-OH is 2. The molecule has 0 aromatic rings. The van der Waals surface area contributed by atoms with Crippen LogP contribution in [0.25, 0.3) is 0 Å². The van der Waals surface area contributed by atoms with Crippen molar-refractivity contribution in [1.82, 2.24) is 0 Å². The molecule has 6 nitrogen and oxygen atoms in total. The van der Waals surface area contributed by atoms with E-state index in [9.17, 15) is 4.79 Å². The number of carbonyl (C=O) groups excluding carboxylic acids is 1. The quantitative estimate of drug-likeness (QED) is 0.374. The first-order chi connectivity index (χ1) is 10.9. The van der Waals surface area contributed by atoms with Crippen molar-refractivity contribution in [3.63, 3.8) is 0 Å². The molecule has 1 atom stereocenters. The van der Waals surface area contributed by atoms with Gasteiger partial charge in [-0.15, -0.1) is 0 Å². The number of hydrogen-bond donors (Lipinski definition) is 2. The molecule has 138 valence electrons. The number of esters is 1. The van der Waals surface area contributed by atoms with E-state index in [0.717, 1.165) is 38.5 Å². The zero-order valence-electron chi connectivity index (χ0n) is 14.9. The lowest BCUT2D eigenvalue weighted by molar-refractivity contribution is -0.172. The van der Waals surface area contributed by atoms with Crippen LogP contribution in [-0.2, 0) is 19.0 Å². The molecule has 0 aliphatic rings. The second-order valence-electron chi connectivity index (χ2n) is 6.54. The second kappa shape index (κ2) is 13.7. The Kier molecular flexibility index (Phi) is 13.3. The van der Waals surface area contributed by atoms with Crippen molar-refractivity contribution in [3.8, 4) is 0 Å². The molecule has 0 amide bonds. The van der Waals surface area contributed by atoms with E-state index in [4.69, 9.17) is 24.4 Å². The normalized spacial score (nSPS) is 13.1. The summed E-state index contributed by atoms with van der Waals surface area (Å²) in [4.78, 5) is 12.1. The van der Waals surface area contributed by atoms with Crippen molar-refractivity contribution in [3.05, 3.63) is 0 Å². The van der Waals surface area contributed by atoms with Gasteiger partial charge >= 0.3 is 5.97 Å². The van der Waals surface area contributed by atoms with E-state index >= 15 is 0 Å². The van der Waals surface area contributed by atoms with Gasteiger partial charge in [-0.3, -0.25) is 0 Å². The number of unbranched alkanes of at least 4 members (excludes halogenated alkanes) is 4. The first-order valence-electron chi connectivity index (χ1n) is 8.54. The maximum atomic E-state index is 12.1. The topological polar surface area (TPSA) is 85.2 Å². The van der Waals surface area contributed by atoms with Crippen molar-refractivity contribution < 1.29 is 29.2 Å². The number of ether oxygens (including phenoxy) is 3. The largest absolute Gasteiger partial charge is 0.458 e. The van der Waals surface area contributed by atoms with Crippen LogP contribution >= 0.6 is 0 Å². The van der Waals surface area contributed by atoms with Crippen molar-refractivity contribution in [1.29, 1.82) is 0 Å². The predicted octanol–water partition coefficient (Wildman–Crippen LogP) is 2.06. The summed E-state index contributed by atoms with van der Waals surface area (Å²) >= 11 is 0. The molecule has 0 aromatic carbocycles. The molecule has 0 spiro atoms. The summed E-state index contributed by atoms with van der Waals surface area (Å²) in [6.07, 6.45) is 4.17. The van der Waals surface area contributed by atoms with E-state index in [1.54, 1.807) is 0 Å². The van der Waals surface area contributed by atoms with Gasteiger partial charge in [-0.25, -0.2) is 4.79 Å². The lowest BCUT2D eigenvalue weighted by atomic mass is 10.2. The van der Waals surface area contributed by atoms with Gasteiger partial charge in [0.1, 0.15) is 5.60 Å². The van der Waals surface area contributed by atoms with E-state index in [2.05, 4.69) is 0 Å². The minimum Gasteiger partial charge on any atom is -0.458 e. The highest BCUT2D eigenvalue weighted by Gasteiger charge is 2.26. The number of carbonyl (C=O) groups is 1. The highest BCUT2D eigenvalue weighted by atomic mass is 16.6. The zero-order valence-corrected chi connectivity index (χ0v) is 14.9. The smallest absolute Gasteiger partial charge is 0.338 e. The third-order valence-corrected chi connectivity index (χ3v) is 3.01. The highest BCUT2D eigenvalue weighted by Crippen LogP contribution is 2.11. The van der Waals surface area contributed by atoms with E-state index in [1.807, 2.05) is 20.8 Å². The van der Waals surface area contributed by atoms with Gasteiger partial charge in [0.25, 0.3) is 0 Å². The van der Waals surface area contributed by atoms with Crippen LogP contribution in [0.15, 0.2) is 0 Å². The van der Waals surface area contributed by atoms with Crippen LogP contribution in [0.3, 0.4) is 0 Å². The lowest BCUT2D eigenvalue weighted by Crippen LogP contribution is -2.36. The molecule has 0 rings (SSSR count). The maximum absolute atomic E-state index is 12.1. The zero-order chi connectivity index (χ0) is 17.6. The van der Waals surface area contributed by atoms with Crippen molar-refractivity contribution in [2.24, 2.45) is 0 Å². The third-order valence-electron chi connectivity index (χ3n) is 3.01. The molecule has 6 heteroatoms. The Balaban J connectivity index is 4.13. The minimum atomic E-state index is -0.721. The fourth-order valence-corrected chi connectivity index (χ4v) is 1.85. The van der Waals surface area contributed by atoms with E-state index in [-0.39, 0.29) is 19.8 Å². The summed E-state index contributed by atoms with van der Waals surface area (Å²) in [5.74, 6) is -0.407. The van der Waals surface area contributed by atoms with Crippen LogP contribution in [0.4, 0.5) is 0 Å². The molecule has 0 heterocycles. The van der Waals surface area contributed by atoms with E-state index in [0.29, 0.717) is 13.2 Å². The van der Waals surface area contributed by atoms with Gasteiger partial charge in [-0.2, -0.15) is 0 Å². The molecule has 0 aromatic heterocycles. The Bertz CT molecular complexity index is 287. The average Bonchev–Trinajstić information content (AvgIpc) is 2.46. The molecule has 2 N–H and O–H groups in total. The Morgan fingerprint density at radius 3 is 2.00 bits per heavy atom. The van der Waals surface area contributed by atoms with E-state index in [1.165, 1.54) is 0 Å². The van der Waals surface area contributed by atoms with Crippen LogP contribution in [0.1, 0.15) is 59.3 Å². The summed E-state index contributed by atoms with van der Waals surface area (Å²) in [6.45, 7) is 6.97. The number of rotatable bonds is 14. The van der Waals surface area contributed by atoms with Crippen LogP contribution in [-0.4, -0.2) is 60.9 Å². The summed E-state index contributed by atoms with van der Waals surface area (Å²) < 4.78 is 16.5. The third kappa shape index (κ3) is 14.6. The van der Waals surface area contributed by atoms with Crippen molar-refractivity contribution >= 4 is 5.97 Å². The Labute approximate surface area is 140 Å². The molecule has 23 heavy (non-hydrogen) atoms. The maximum Gasteiger partial charge on any atom is 0.338 e. The molecular formula is C17H34O6. The van der Waals surface area contributed by atoms with E-state index < -0.39 is 17.7 Å². The summed E-state index contributed by atoms with van der Waals surface area (Å²) in [5.41, 5.74) is -0.559. The molecule has 0 fully saturated rings. The van der Waals surface area contributed by atoms with Gasteiger partial charge in [0, 0.05) is 26.4 Å². The average molecular weight is 334 g/mol. The van der Waals surface area contributed by atoms with Gasteiger partial charge in [-0.1, -0.05) is 0 Å². The molecule has 0 bridgehead atoms. The monoisotopic (exact) mass is 334 g/mol. The number of aliphatic hydroxyl groups is 2. The summed E-state index contributed by atoms with van der Waals surface area (Å²) in [6, 6.07) is 0. The van der Waals surface area contributed by atoms with Crippen molar-refractivity contribution in [2.45, 2.75) is 71.0 Å². The van der Waals surface area contributed by atoms with Crippen LogP contribution in [0, 0.1) is 0 Å². The van der Waals surface area contributed by atoms with Crippen LogP contribution in [0.2, 0.25) is 0 Å². The van der Waals surface area contributed by atoms with Gasteiger partial charge < -0.3 is 24.4 Å². The Morgan fingerprint density at radius 1 is 0.913 bits per heavy atom. The lowest BCUT2D eigenvalue weighted by Gasteiger charge is -2.24. The van der Waals surface area contributed by atoms with Gasteiger partial charge in [0.05, 0.1) is 6.61 Å². The summed E-state index contributed by atoms with van der Waals surface area (Å²) in [5, 5.41) is 17.5. The van der Waals surface area contributed by atoms with Gasteiger partial charge in [0.2, 0.25) is 0 Å².